The average Bonchev–Trinajstić information content (AvgIpc) is 3.47. The third kappa shape index (κ3) is 62.5. The van der Waals surface area contributed by atoms with E-state index >= 15 is 0 Å². The molecule has 3 unspecified atom stereocenters. The molecule has 0 saturated heterocycles. The van der Waals surface area contributed by atoms with Crippen molar-refractivity contribution in [2.24, 2.45) is 0 Å². The number of carbonyl (C=O) groups excluding carboxylic acids is 2. The minimum atomic E-state index is -4.45. The summed E-state index contributed by atoms with van der Waals surface area (Å²) in [4.78, 5) is 37.9. The lowest BCUT2D eigenvalue weighted by atomic mass is 10.0. The van der Waals surface area contributed by atoms with E-state index in [1.165, 1.54) is 244 Å². The minimum absolute atomic E-state index is 0.0423. The molecule has 0 rings (SSSR count). The number of phosphoric acid groups is 1. The lowest BCUT2D eigenvalue weighted by Gasteiger charge is -2.27. The molecular formula is C72H138N2O7P+. The van der Waals surface area contributed by atoms with Gasteiger partial charge in [0.05, 0.1) is 33.8 Å². The van der Waals surface area contributed by atoms with Crippen LogP contribution in [0.3, 0.4) is 0 Å². The molecule has 10 heteroatoms. The van der Waals surface area contributed by atoms with Crippen molar-refractivity contribution in [1.29, 1.82) is 0 Å². The van der Waals surface area contributed by atoms with Crippen molar-refractivity contribution < 1.29 is 37.3 Å². The number of quaternary nitrogens is 1. The van der Waals surface area contributed by atoms with Crippen LogP contribution in [0.4, 0.5) is 0 Å². The van der Waals surface area contributed by atoms with Crippen LogP contribution in [0.15, 0.2) is 48.6 Å². The molecule has 3 atom stereocenters. The Labute approximate surface area is 509 Å². The molecule has 2 N–H and O–H groups in total. The van der Waals surface area contributed by atoms with E-state index < -0.39 is 20.0 Å². The third-order valence-electron chi connectivity index (χ3n) is 16.0. The van der Waals surface area contributed by atoms with E-state index in [0.29, 0.717) is 23.9 Å². The molecular weight excluding hydrogens is 1040 g/mol. The van der Waals surface area contributed by atoms with Crippen LogP contribution >= 0.6 is 7.82 Å². The first kappa shape index (κ1) is 80.0. The number of likely N-dealkylation sites (N-methyl/N-ethyl adjacent to an activating group) is 1. The second-order valence-electron chi connectivity index (χ2n) is 25.4. The van der Waals surface area contributed by atoms with Crippen molar-refractivity contribution in [1.82, 2.24) is 5.32 Å². The Hall–Kier alpha value is -2.03. The third-order valence-corrected chi connectivity index (χ3v) is 17.0. The molecule has 0 heterocycles. The number of unbranched alkanes of at least 4 members (excludes halogenated alkanes) is 43. The molecule has 0 aromatic rings. The maximum atomic E-state index is 13.6. The molecule has 0 aliphatic heterocycles. The molecule has 82 heavy (non-hydrogen) atoms. The van der Waals surface area contributed by atoms with Gasteiger partial charge in [-0.3, -0.25) is 18.6 Å². The van der Waals surface area contributed by atoms with Crippen LogP contribution in [0.2, 0.25) is 0 Å². The second-order valence-corrected chi connectivity index (χ2v) is 26.9. The first-order chi connectivity index (χ1) is 39.9. The number of ether oxygens (including phenoxy) is 1. The summed E-state index contributed by atoms with van der Waals surface area (Å²) in [6, 6.07) is -0.846. The average molecular weight is 1170 g/mol. The van der Waals surface area contributed by atoms with Gasteiger partial charge in [-0.1, -0.05) is 314 Å². The summed E-state index contributed by atoms with van der Waals surface area (Å²) in [5.74, 6) is -0.488. The second kappa shape index (κ2) is 62.0. The lowest BCUT2D eigenvalue weighted by Crippen LogP contribution is -2.47. The summed E-state index contributed by atoms with van der Waals surface area (Å²) in [7, 11) is 1.51. The fraction of sp³-hybridized carbons (Fsp3) is 0.861. The van der Waals surface area contributed by atoms with Crippen molar-refractivity contribution >= 4 is 19.7 Å². The van der Waals surface area contributed by atoms with E-state index in [2.05, 4.69) is 62.5 Å². The van der Waals surface area contributed by atoms with Crippen molar-refractivity contribution in [2.75, 3.05) is 40.9 Å². The van der Waals surface area contributed by atoms with Gasteiger partial charge in [0.2, 0.25) is 5.91 Å². The van der Waals surface area contributed by atoms with E-state index in [0.717, 1.165) is 70.6 Å². The highest BCUT2D eigenvalue weighted by Gasteiger charge is 2.30. The van der Waals surface area contributed by atoms with Crippen LogP contribution < -0.4 is 5.32 Å². The van der Waals surface area contributed by atoms with Crippen LogP contribution in [0.25, 0.3) is 0 Å². The Morgan fingerprint density at radius 3 is 1.13 bits per heavy atom. The molecule has 0 fully saturated rings. The zero-order valence-electron chi connectivity index (χ0n) is 55.2. The lowest BCUT2D eigenvalue weighted by molar-refractivity contribution is -0.870. The number of amides is 1. The zero-order chi connectivity index (χ0) is 60.0. The molecule has 0 radical (unpaired) electrons. The number of carbonyl (C=O) groups is 2. The Morgan fingerprint density at radius 2 is 0.744 bits per heavy atom. The predicted molar refractivity (Wildman–Crippen MR) is 355 cm³/mol. The van der Waals surface area contributed by atoms with Crippen molar-refractivity contribution in [2.45, 2.75) is 360 Å². The van der Waals surface area contributed by atoms with Crippen LogP contribution in [-0.4, -0.2) is 74.3 Å². The first-order valence-electron chi connectivity index (χ1n) is 35.5. The van der Waals surface area contributed by atoms with Gasteiger partial charge in [0, 0.05) is 12.8 Å². The highest BCUT2D eigenvalue weighted by Crippen LogP contribution is 2.43. The molecule has 9 nitrogen and oxygen atoms in total. The molecule has 0 aromatic carbocycles. The van der Waals surface area contributed by atoms with Gasteiger partial charge in [-0.15, -0.1) is 0 Å². The van der Waals surface area contributed by atoms with E-state index in [1.807, 2.05) is 33.3 Å². The molecule has 0 saturated carbocycles. The smallest absolute Gasteiger partial charge is 0.456 e. The number of phosphoric ester groups is 1. The number of esters is 1. The van der Waals surface area contributed by atoms with Crippen molar-refractivity contribution in [3.63, 3.8) is 0 Å². The Kier molecular flexibility index (Phi) is 60.5. The number of hydrogen-bond acceptors (Lipinski definition) is 6. The van der Waals surface area contributed by atoms with E-state index in [9.17, 15) is 19.0 Å². The Bertz CT molecular complexity index is 1540. The normalized spacial score (nSPS) is 13.8. The van der Waals surface area contributed by atoms with Gasteiger partial charge in [0.25, 0.3) is 0 Å². The van der Waals surface area contributed by atoms with Gasteiger partial charge in [-0.25, -0.2) is 4.57 Å². The number of nitrogens with zero attached hydrogens (tertiary/aromatic N) is 1. The summed E-state index contributed by atoms with van der Waals surface area (Å²) in [6.07, 6.45) is 78.3. The SMILES string of the molecule is CCCCC/C=C\C/C=C\C/C=C\CCCCCCCCCCCCCCCCC(=O)NC(COP(=O)(O)OCC[N+](C)(C)C)C(/C=C\CCCCCCCCCCCC)OC(=O)CCCCCCCCCCCCCCCCCCC. The monoisotopic (exact) mass is 1170 g/mol. The highest BCUT2D eigenvalue weighted by atomic mass is 31.2. The van der Waals surface area contributed by atoms with Crippen LogP contribution in [0, 0.1) is 0 Å². The summed E-state index contributed by atoms with van der Waals surface area (Å²) in [6.45, 7) is 7.04. The van der Waals surface area contributed by atoms with E-state index in [4.69, 9.17) is 13.8 Å². The molecule has 0 spiro atoms. The number of hydrogen-bond donors (Lipinski definition) is 2. The molecule has 0 aliphatic carbocycles. The predicted octanol–water partition coefficient (Wildman–Crippen LogP) is 22.4. The van der Waals surface area contributed by atoms with Crippen molar-refractivity contribution in [3.8, 4) is 0 Å². The Morgan fingerprint density at radius 1 is 0.427 bits per heavy atom. The Balaban J connectivity index is 5.00. The molecule has 482 valence electrons. The highest BCUT2D eigenvalue weighted by molar-refractivity contribution is 7.47. The van der Waals surface area contributed by atoms with Gasteiger partial charge < -0.3 is 19.4 Å². The zero-order valence-corrected chi connectivity index (χ0v) is 56.1. The number of nitrogens with one attached hydrogen (secondary N) is 1. The minimum Gasteiger partial charge on any atom is -0.456 e. The first-order valence-corrected chi connectivity index (χ1v) is 37.0. The van der Waals surface area contributed by atoms with E-state index in [1.54, 1.807) is 0 Å². The number of rotatable bonds is 65. The fourth-order valence-corrected chi connectivity index (χ4v) is 11.3. The largest absolute Gasteiger partial charge is 0.472 e. The van der Waals surface area contributed by atoms with Crippen LogP contribution in [-0.2, 0) is 27.9 Å². The standard InChI is InChI=1S/C72H137N2O7P/c1-7-10-13-16-19-22-25-28-30-32-33-34-35-36-37-38-39-40-41-43-44-46-49-52-55-58-61-64-71(75)73-69(68-80-82(77,78)79-67-66-74(4,5)6)70(63-60-57-54-51-48-27-24-21-18-15-12-9-3)81-72(76)65-62-59-56-53-50-47-45-42-31-29-26-23-20-17-14-11-8-2/h19,22,28,30,33-34,60,63,69-70H,7-18,20-21,23-27,29,31-32,35-59,61-62,64-68H2,1-6H3,(H-,73,75,77,78)/p+1/b22-19-,30-28-,34-33-,63-60-. The fourth-order valence-electron chi connectivity index (χ4n) is 10.5. The quantitative estimate of drug-likeness (QED) is 0.0205. The van der Waals surface area contributed by atoms with Gasteiger partial charge in [0.15, 0.2) is 0 Å². The maximum absolute atomic E-state index is 13.6. The summed E-state index contributed by atoms with van der Waals surface area (Å²) in [5, 5.41) is 3.08. The van der Waals surface area contributed by atoms with E-state index in [-0.39, 0.29) is 25.1 Å². The summed E-state index contributed by atoms with van der Waals surface area (Å²) >= 11 is 0. The van der Waals surface area contributed by atoms with Gasteiger partial charge in [-0.05, 0) is 70.3 Å². The molecule has 0 bridgehead atoms. The summed E-state index contributed by atoms with van der Waals surface area (Å²) in [5.41, 5.74) is 0. The maximum Gasteiger partial charge on any atom is 0.472 e. The number of allylic oxidation sites excluding steroid dienone is 7. The molecule has 1 amide bonds. The van der Waals surface area contributed by atoms with Crippen molar-refractivity contribution in [3.05, 3.63) is 48.6 Å². The molecule has 0 aromatic heterocycles. The van der Waals surface area contributed by atoms with Gasteiger partial charge in [-0.2, -0.15) is 0 Å². The van der Waals surface area contributed by atoms with Crippen LogP contribution in [0.1, 0.15) is 348 Å². The molecule has 0 aliphatic rings. The van der Waals surface area contributed by atoms with Gasteiger partial charge >= 0.3 is 13.8 Å². The summed E-state index contributed by atoms with van der Waals surface area (Å²) < 4.78 is 30.8. The van der Waals surface area contributed by atoms with Crippen LogP contribution in [0.5, 0.6) is 0 Å². The van der Waals surface area contributed by atoms with Gasteiger partial charge in [0.1, 0.15) is 19.3 Å². The topological polar surface area (TPSA) is 111 Å².